The molecule has 2 aromatic rings. The van der Waals surface area contributed by atoms with E-state index in [0.717, 1.165) is 43.2 Å². The molecule has 1 N–H and O–H groups in total. The lowest BCUT2D eigenvalue weighted by Gasteiger charge is -2.29. The average molecular weight is 331 g/mol. The van der Waals surface area contributed by atoms with Crippen molar-refractivity contribution >= 4 is 28.9 Å². The number of morpholine rings is 1. The van der Waals surface area contributed by atoms with Crippen molar-refractivity contribution in [2.45, 2.75) is 6.92 Å². The van der Waals surface area contributed by atoms with Gasteiger partial charge < -0.3 is 15.0 Å². The zero-order valence-electron chi connectivity index (χ0n) is 13.0. The van der Waals surface area contributed by atoms with E-state index in [0.29, 0.717) is 10.6 Å². The van der Waals surface area contributed by atoms with Gasteiger partial charge in [0, 0.05) is 24.5 Å². The van der Waals surface area contributed by atoms with Gasteiger partial charge in [0.25, 0.3) is 5.91 Å². The van der Waals surface area contributed by atoms with Crippen molar-refractivity contribution in [3.63, 3.8) is 0 Å². The van der Waals surface area contributed by atoms with E-state index < -0.39 is 0 Å². The van der Waals surface area contributed by atoms with Crippen molar-refractivity contribution in [1.29, 1.82) is 0 Å². The molecule has 0 spiro atoms. The molecule has 2 aromatic carbocycles. The summed E-state index contributed by atoms with van der Waals surface area (Å²) in [7, 11) is 0. The van der Waals surface area contributed by atoms with Crippen LogP contribution in [0, 0.1) is 6.92 Å². The molecule has 0 bridgehead atoms. The third-order valence-electron chi connectivity index (χ3n) is 3.96. The number of benzene rings is 2. The van der Waals surface area contributed by atoms with E-state index >= 15 is 0 Å². The van der Waals surface area contributed by atoms with E-state index in [-0.39, 0.29) is 5.91 Å². The number of amides is 1. The Morgan fingerprint density at radius 2 is 1.91 bits per heavy atom. The maximum Gasteiger partial charge on any atom is 0.257 e. The van der Waals surface area contributed by atoms with Crippen LogP contribution >= 0.6 is 11.6 Å². The minimum absolute atomic E-state index is 0.196. The molecule has 1 heterocycles. The van der Waals surface area contributed by atoms with E-state index in [2.05, 4.69) is 16.3 Å². The Morgan fingerprint density at radius 1 is 1.17 bits per heavy atom. The van der Waals surface area contributed by atoms with Gasteiger partial charge in [0.2, 0.25) is 0 Å². The minimum Gasteiger partial charge on any atom is -0.378 e. The van der Waals surface area contributed by atoms with Gasteiger partial charge in [-0.15, -0.1) is 0 Å². The van der Waals surface area contributed by atoms with Gasteiger partial charge in [0.15, 0.2) is 0 Å². The zero-order valence-corrected chi connectivity index (χ0v) is 13.8. The molecule has 3 rings (SSSR count). The van der Waals surface area contributed by atoms with Crippen molar-refractivity contribution in [3.8, 4) is 0 Å². The van der Waals surface area contributed by atoms with Crippen LogP contribution in [0.1, 0.15) is 15.9 Å². The number of carbonyl (C=O) groups is 1. The Labute approximate surface area is 141 Å². The van der Waals surface area contributed by atoms with E-state index in [1.165, 1.54) is 0 Å². The monoisotopic (exact) mass is 330 g/mol. The number of rotatable bonds is 3. The molecule has 1 aliphatic heterocycles. The third kappa shape index (κ3) is 3.66. The van der Waals surface area contributed by atoms with Crippen molar-refractivity contribution in [2.24, 2.45) is 0 Å². The summed E-state index contributed by atoms with van der Waals surface area (Å²) >= 11 is 6.10. The molecule has 23 heavy (non-hydrogen) atoms. The summed E-state index contributed by atoms with van der Waals surface area (Å²) in [6, 6.07) is 13.2. The van der Waals surface area contributed by atoms with Gasteiger partial charge in [-0.1, -0.05) is 29.8 Å². The second kappa shape index (κ2) is 7.02. The second-order valence-corrected chi connectivity index (χ2v) is 5.94. The van der Waals surface area contributed by atoms with Gasteiger partial charge in [-0.3, -0.25) is 4.79 Å². The topological polar surface area (TPSA) is 41.6 Å². The lowest BCUT2D eigenvalue weighted by Crippen LogP contribution is -2.36. The summed E-state index contributed by atoms with van der Waals surface area (Å²) in [4.78, 5) is 14.7. The number of hydrogen-bond acceptors (Lipinski definition) is 3. The highest BCUT2D eigenvalue weighted by Gasteiger charge is 2.15. The van der Waals surface area contributed by atoms with Crippen LogP contribution in [0.4, 0.5) is 11.4 Å². The van der Waals surface area contributed by atoms with Crippen LogP contribution in [0.25, 0.3) is 0 Å². The summed E-state index contributed by atoms with van der Waals surface area (Å²) < 4.78 is 5.38. The highest BCUT2D eigenvalue weighted by Crippen LogP contribution is 2.25. The van der Waals surface area contributed by atoms with Gasteiger partial charge in [0.1, 0.15) is 0 Å². The molecule has 1 aliphatic rings. The van der Waals surface area contributed by atoms with Gasteiger partial charge in [-0.25, -0.2) is 0 Å². The molecule has 1 fully saturated rings. The number of aryl methyl sites for hydroxylation is 1. The van der Waals surface area contributed by atoms with E-state index in [4.69, 9.17) is 16.3 Å². The zero-order chi connectivity index (χ0) is 16.2. The lowest BCUT2D eigenvalue weighted by molar-refractivity contribution is 0.102. The quantitative estimate of drug-likeness (QED) is 0.932. The number of ether oxygens (including phenoxy) is 1. The Hall–Kier alpha value is -2.04. The summed E-state index contributed by atoms with van der Waals surface area (Å²) in [5.74, 6) is -0.196. The Bertz CT molecular complexity index is 712. The fourth-order valence-corrected chi connectivity index (χ4v) is 2.82. The molecule has 5 heteroatoms. The van der Waals surface area contributed by atoms with Crippen LogP contribution < -0.4 is 10.2 Å². The molecule has 120 valence electrons. The van der Waals surface area contributed by atoms with Gasteiger partial charge in [0.05, 0.1) is 23.8 Å². The molecule has 1 amide bonds. The molecular formula is C18H19ClN2O2. The van der Waals surface area contributed by atoms with E-state index in [9.17, 15) is 4.79 Å². The first-order valence-corrected chi connectivity index (χ1v) is 8.02. The number of nitrogens with zero attached hydrogens (tertiary/aromatic N) is 1. The van der Waals surface area contributed by atoms with Crippen LogP contribution in [0.15, 0.2) is 42.5 Å². The normalized spacial score (nSPS) is 14.6. The number of hydrogen-bond donors (Lipinski definition) is 1. The first kappa shape index (κ1) is 15.8. The highest BCUT2D eigenvalue weighted by molar-refractivity contribution is 6.34. The Kier molecular flexibility index (Phi) is 4.84. The Balaban J connectivity index is 1.82. The smallest absolute Gasteiger partial charge is 0.257 e. The highest BCUT2D eigenvalue weighted by atomic mass is 35.5. The number of carbonyl (C=O) groups excluding carboxylic acids is 1. The van der Waals surface area contributed by atoms with Gasteiger partial charge >= 0.3 is 0 Å². The third-order valence-corrected chi connectivity index (χ3v) is 4.29. The first-order valence-electron chi connectivity index (χ1n) is 7.64. The molecule has 1 saturated heterocycles. The SMILES string of the molecule is Cc1ccc(N2CCOCC2)cc1NC(=O)c1ccccc1Cl. The van der Waals surface area contributed by atoms with E-state index in [1.807, 2.05) is 25.1 Å². The number of nitrogens with one attached hydrogen (secondary N) is 1. The minimum atomic E-state index is -0.196. The Morgan fingerprint density at radius 3 is 2.65 bits per heavy atom. The fourth-order valence-electron chi connectivity index (χ4n) is 2.60. The standard InChI is InChI=1S/C18H19ClN2O2/c1-13-6-7-14(21-8-10-23-11-9-21)12-17(13)20-18(22)15-4-2-3-5-16(15)19/h2-7,12H,8-11H2,1H3,(H,20,22). The van der Waals surface area contributed by atoms with Crippen molar-refractivity contribution in [1.82, 2.24) is 0 Å². The molecule has 4 nitrogen and oxygen atoms in total. The number of halogens is 1. The van der Waals surface area contributed by atoms with E-state index in [1.54, 1.807) is 18.2 Å². The molecule has 0 atom stereocenters. The predicted octanol–water partition coefficient (Wildman–Crippen LogP) is 3.74. The molecule has 0 saturated carbocycles. The molecule has 0 radical (unpaired) electrons. The van der Waals surface area contributed by atoms with Crippen LogP contribution in [0.5, 0.6) is 0 Å². The number of anilines is 2. The summed E-state index contributed by atoms with van der Waals surface area (Å²) in [6.07, 6.45) is 0. The lowest BCUT2D eigenvalue weighted by atomic mass is 10.1. The van der Waals surface area contributed by atoms with Crippen LogP contribution in [0.2, 0.25) is 5.02 Å². The summed E-state index contributed by atoms with van der Waals surface area (Å²) in [6.45, 7) is 5.16. The largest absolute Gasteiger partial charge is 0.378 e. The van der Waals surface area contributed by atoms with Crippen LogP contribution in [0.3, 0.4) is 0 Å². The van der Waals surface area contributed by atoms with Crippen LogP contribution in [-0.4, -0.2) is 32.2 Å². The van der Waals surface area contributed by atoms with Crippen molar-refractivity contribution in [3.05, 3.63) is 58.6 Å². The second-order valence-electron chi connectivity index (χ2n) is 5.53. The summed E-state index contributed by atoms with van der Waals surface area (Å²) in [5, 5.41) is 3.42. The maximum absolute atomic E-state index is 12.4. The fraction of sp³-hybridized carbons (Fsp3) is 0.278. The van der Waals surface area contributed by atoms with Gasteiger partial charge in [-0.05, 0) is 36.8 Å². The molecule has 0 aromatic heterocycles. The summed E-state index contributed by atoms with van der Waals surface area (Å²) in [5.41, 5.74) is 3.39. The van der Waals surface area contributed by atoms with Crippen molar-refractivity contribution < 1.29 is 9.53 Å². The maximum atomic E-state index is 12.4. The van der Waals surface area contributed by atoms with Gasteiger partial charge in [-0.2, -0.15) is 0 Å². The average Bonchev–Trinajstić information content (AvgIpc) is 2.58. The predicted molar refractivity (Wildman–Crippen MR) is 93.6 cm³/mol. The molecule has 0 unspecified atom stereocenters. The molecular weight excluding hydrogens is 312 g/mol. The van der Waals surface area contributed by atoms with Crippen LogP contribution in [-0.2, 0) is 4.74 Å². The van der Waals surface area contributed by atoms with Crippen molar-refractivity contribution in [2.75, 3.05) is 36.5 Å². The molecule has 0 aliphatic carbocycles. The first-order chi connectivity index (χ1) is 11.1.